The third-order valence-electron chi connectivity index (χ3n) is 6.65. The molecule has 2 aromatic carbocycles. The van der Waals surface area contributed by atoms with Gasteiger partial charge in [0.05, 0.1) is 17.5 Å². The van der Waals surface area contributed by atoms with Crippen LogP contribution in [0.4, 0.5) is 9.18 Å². The van der Waals surface area contributed by atoms with Crippen molar-refractivity contribution in [3.63, 3.8) is 0 Å². The van der Waals surface area contributed by atoms with Gasteiger partial charge in [0, 0.05) is 31.6 Å². The summed E-state index contributed by atoms with van der Waals surface area (Å²) in [4.78, 5) is 28.9. The summed E-state index contributed by atoms with van der Waals surface area (Å²) in [5, 5.41) is 9.62. The predicted molar refractivity (Wildman–Crippen MR) is 131 cm³/mol. The molecule has 1 amide bonds. The van der Waals surface area contributed by atoms with Crippen molar-refractivity contribution in [1.82, 2.24) is 9.88 Å². The summed E-state index contributed by atoms with van der Waals surface area (Å²) in [5.41, 5.74) is 1.58. The van der Waals surface area contributed by atoms with Crippen molar-refractivity contribution in [2.75, 3.05) is 6.54 Å². The van der Waals surface area contributed by atoms with Crippen molar-refractivity contribution in [2.24, 2.45) is 5.41 Å². The van der Waals surface area contributed by atoms with Gasteiger partial charge in [-0.15, -0.1) is 0 Å². The van der Waals surface area contributed by atoms with Crippen LogP contribution >= 0.6 is 0 Å². The molecule has 4 rings (SSSR count). The van der Waals surface area contributed by atoms with Crippen LogP contribution in [0.3, 0.4) is 0 Å². The van der Waals surface area contributed by atoms with Crippen molar-refractivity contribution in [3.8, 4) is 17.2 Å². The molecule has 0 radical (unpaired) electrons. The van der Waals surface area contributed by atoms with E-state index in [0.717, 1.165) is 16.7 Å². The number of pyridine rings is 1. The molecular formula is C28H28FN3O3. The van der Waals surface area contributed by atoms with E-state index in [0.29, 0.717) is 24.9 Å². The van der Waals surface area contributed by atoms with Crippen molar-refractivity contribution < 1.29 is 13.9 Å². The molecular weight excluding hydrogens is 445 g/mol. The monoisotopic (exact) mass is 473 g/mol. The molecule has 1 aliphatic rings. The molecule has 2 atom stereocenters. The molecule has 0 spiro atoms. The zero-order chi connectivity index (χ0) is 25.2. The van der Waals surface area contributed by atoms with Crippen molar-refractivity contribution in [2.45, 2.75) is 45.3 Å². The standard InChI is InChI=1S/C28H28FN3O3/c1-19(20-4-6-21(7-5-20)22-8-13-25(33)31-16-22)32-15-14-28(35-26(32)34,17-27(2,3)18-30)23-9-11-24(29)12-10-23/h4-13,16,19H,14-15,17H2,1-3H3,(H,31,33)/t19-,28?/m0/s1. The first-order chi connectivity index (χ1) is 16.6. The maximum atomic E-state index is 13.6. The van der Waals surface area contributed by atoms with Gasteiger partial charge in [0.1, 0.15) is 11.4 Å². The molecule has 1 aliphatic heterocycles. The van der Waals surface area contributed by atoms with Crippen LogP contribution in [0.25, 0.3) is 11.1 Å². The van der Waals surface area contributed by atoms with Gasteiger partial charge in [-0.25, -0.2) is 9.18 Å². The summed E-state index contributed by atoms with van der Waals surface area (Å²) < 4.78 is 19.7. The summed E-state index contributed by atoms with van der Waals surface area (Å²) in [6.07, 6.45) is 1.99. The summed E-state index contributed by atoms with van der Waals surface area (Å²) >= 11 is 0. The Morgan fingerprint density at radius 1 is 1.09 bits per heavy atom. The van der Waals surface area contributed by atoms with Crippen LogP contribution in [-0.2, 0) is 10.3 Å². The molecule has 3 aromatic rings. The number of carbonyl (C=O) groups excluding carboxylic acids is 1. The first-order valence-electron chi connectivity index (χ1n) is 11.6. The minimum atomic E-state index is -1.01. The van der Waals surface area contributed by atoms with Crippen LogP contribution < -0.4 is 5.56 Å². The summed E-state index contributed by atoms with van der Waals surface area (Å²) in [6, 6.07) is 19.1. The number of benzene rings is 2. The number of hydrogen-bond donors (Lipinski definition) is 1. The molecule has 1 aromatic heterocycles. The number of aromatic amines is 1. The van der Waals surface area contributed by atoms with E-state index >= 15 is 0 Å². The van der Waals surface area contributed by atoms with Gasteiger partial charge in [-0.05, 0) is 61.2 Å². The number of hydrogen-bond acceptors (Lipinski definition) is 4. The number of nitrogens with zero attached hydrogens (tertiary/aromatic N) is 2. The largest absolute Gasteiger partial charge is 0.438 e. The highest BCUT2D eigenvalue weighted by Gasteiger charge is 2.46. The highest BCUT2D eigenvalue weighted by atomic mass is 19.1. The highest BCUT2D eigenvalue weighted by molar-refractivity contribution is 5.70. The molecule has 2 heterocycles. The number of rotatable bonds is 6. The van der Waals surface area contributed by atoms with E-state index in [1.54, 1.807) is 29.3 Å². The number of H-pyrrole nitrogens is 1. The fourth-order valence-electron chi connectivity index (χ4n) is 4.68. The Kier molecular flexibility index (Phi) is 6.49. The minimum absolute atomic E-state index is 0.155. The number of halogens is 1. The molecule has 7 heteroatoms. The van der Waals surface area contributed by atoms with E-state index in [1.807, 2.05) is 45.0 Å². The van der Waals surface area contributed by atoms with Crippen LogP contribution in [0.2, 0.25) is 0 Å². The average molecular weight is 474 g/mol. The zero-order valence-electron chi connectivity index (χ0n) is 20.0. The van der Waals surface area contributed by atoms with Crippen LogP contribution in [0.1, 0.15) is 50.8 Å². The number of amides is 1. The molecule has 1 N–H and O–H groups in total. The Balaban J connectivity index is 1.56. The molecule has 0 aliphatic carbocycles. The van der Waals surface area contributed by atoms with Gasteiger partial charge < -0.3 is 14.6 Å². The summed E-state index contributed by atoms with van der Waals surface area (Å²) in [6.45, 7) is 6.00. The maximum Gasteiger partial charge on any atom is 0.411 e. The van der Waals surface area contributed by atoms with E-state index < -0.39 is 17.1 Å². The topological polar surface area (TPSA) is 86.2 Å². The lowest BCUT2D eigenvalue weighted by Crippen LogP contribution is -2.50. The number of cyclic esters (lactones) is 1. The maximum absolute atomic E-state index is 13.6. The van der Waals surface area contributed by atoms with Gasteiger partial charge in [0.2, 0.25) is 5.56 Å². The van der Waals surface area contributed by atoms with Gasteiger partial charge in [0.15, 0.2) is 0 Å². The predicted octanol–water partition coefficient (Wildman–Crippen LogP) is 5.92. The quantitative estimate of drug-likeness (QED) is 0.481. The molecule has 6 nitrogen and oxygen atoms in total. The van der Waals surface area contributed by atoms with Gasteiger partial charge in [-0.1, -0.05) is 36.4 Å². The summed E-state index contributed by atoms with van der Waals surface area (Å²) in [7, 11) is 0. The van der Waals surface area contributed by atoms with Crippen molar-refractivity contribution >= 4 is 6.09 Å². The zero-order valence-corrected chi connectivity index (χ0v) is 20.0. The highest BCUT2D eigenvalue weighted by Crippen LogP contribution is 2.44. The van der Waals surface area contributed by atoms with E-state index in [1.165, 1.54) is 18.2 Å². The number of ether oxygens (including phenoxy) is 1. The minimum Gasteiger partial charge on any atom is -0.438 e. The van der Waals surface area contributed by atoms with Gasteiger partial charge in [-0.2, -0.15) is 5.26 Å². The fraction of sp³-hybridized carbons (Fsp3) is 0.321. The van der Waals surface area contributed by atoms with E-state index in [2.05, 4.69) is 11.1 Å². The fourth-order valence-corrected chi connectivity index (χ4v) is 4.68. The number of carbonyl (C=O) groups is 1. The van der Waals surface area contributed by atoms with Crippen LogP contribution in [0.15, 0.2) is 71.7 Å². The third-order valence-corrected chi connectivity index (χ3v) is 6.65. The lowest BCUT2D eigenvalue weighted by Gasteiger charge is -2.45. The van der Waals surface area contributed by atoms with E-state index in [4.69, 9.17) is 4.74 Å². The second kappa shape index (κ2) is 9.38. The van der Waals surface area contributed by atoms with Gasteiger partial charge in [0.25, 0.3) is 0 Å². The van der Waals surface area contributed by atoms with E-state index in [9.17, 15) is 19.2 Å². The Bertz CT molecular complexity index is 1290. The van der Waals surface area contributed by atoms with Crippen molar-refractivity contribution in [1.29, 1.82) is 5.26 Å². The van der Waals surface area contributed by atoms with Crippen LogP contribution in [0, 0.1) is 22.6 Å². The SMILES string of the molecule is C[C@@H](c1ccc(-c2ccc(=O)[nH]c2)cc1)N1CCC(CC(C)(C)C#N)(c2ccc(F)cc2)OC1=O. The molecule has 1 saturated heterocycles. The average Bonchev–Trinajstić information content (AvgIpc) is 2.84. The Morgan fingerprint density at radius 3 is 2.31 bits per heavy atom. The number of nitrogens with one attached hydrogen (secondary N) is 1. The van der Waals surface area contributed by atoms with Gasteiger partial charge in [-0.3, -0.25) is 4.79 Å². The second-order valence-electron chi connectivity index (χ2n) is 9.72. The van der Waals surface area contributed by atoms with Crippen molar-refractivity contribution in [3.05, 3.63) is 94.2 Å². The van der Waals surface area contributed by atoms with Crippen LogP contribution in [-0.4, -0.2) is 22.5 Å². The molecule has 0 bridgehead atoms. The molecule has 1 unspecified atom stereocenters. The second-order valence-corrected chi connectivity index (χ2v) is 9.72. The molecule has 180 valence electrons. The lowest BCUT2D eigenvalue weighted by atomic mass is 9.75. The Morgan fingerprint density at radius 2 is 1.74 bits per heavy atom. The first-order valence-corrected chi connectivity index (χ1v) is 11.6. The molecule has 1 fully saturated rings. The van der Waals surface area contributed by atoms with Gasteiger partial charge >= 0.3 is 6.09 Å². The van der Waals surface area contributed by atoms with Crippen LogP contribution in [0.5, 0.6) is 0 Å². The third kappa shape index (κ3) is 5.12. The Labute approximate surface area is 204 Å². The Hall–Kier alpha value is -3.92. The number of nitriles is 1. The van der Waals surface area contributed by atoms with E-state index in [-0.39, 0.29) is 17.4 Å². The normalized spacial score (nSPS) is 19.1. The number of aromatic nitrogens is 1. The molecule has 35 heavy (non-hydrogen) atoms. The smallest absolute Gasteiger partial charge is 0.411 e. The molecule has 0 saturated carbocycles. The first kappa shape index (κ1) is 24.2. The lowest BCUT2D eigenvalue weighted by molar-refractivity contribution is -0.0770. The summed E-state index contributed by atoms with van der Waals surface area (Å²) in [5.74, 6) is -0.369.